The molecule has 130 valence electrons. The third-order valence-corrected chi connectivity index (χ3v) is 4.74. The Morgan fingerprint density at radius 3 is 3.04 bits per heavy atom. The molecule has 25 heavy (non-hydrogen) atoms. The number of rotatable bonds is 4. The fourth-order valence-corrected chi connectivity index (χ4v) is 3.50. The highest BCUT2D eigenvalue weighted by molar-refractivity contribution is 5.80. The summed E-state index contributed by atoms with van der Waals surface area (Å²) in [5.74, 6) is 0.460. The maximum absolute atomic E-state index is 5.86. The molecule has 3 aromatic rings. The average molecular weight is 337 g/mol. The summed E-state index contributed by atoms with van der Waals surface area (Å²) in [6, 6.07) is 8.34. The van der Waals surface area contributed by atoms with Crippen molar-refractivity contribution < 1.29 is 9.15 Å². The van der Waals surface area contributed by atoms with E-state index in [0.29, 0.717) is 5.92 Å². The number of hydrogen-bond donors (Lipinski definition) is 0. The molecule has 0 aliphatic carbocycles. The second-order valence-electron chi connectivity index (χ2n) is 6.78. The zero-order valence-corrected chi connectivity index (χ0v) is 14.5. The van der Waals surface area contributed by atoms with Crippen molar-refractivity contribution in [3.63, 3.8) is 0 Å². The molecule has 1 aliphatic rings. The number of hydrogen-bond acceptors (Lipinski definition) is 5. The molecule has 0 N–H and O–H groups in total. The van der Waals surface area contributed by atoms with Gasteiger partial charge < -0.3 is 9.15 Å². The van der Waals surface area contributed by atoms with Crippen LogP contribution in [0.2, 0.25) is 0 Å². The van der Waals surface area contributed by atoms with E-state index < -0.39 is 0 Å². The molecule has 0 spiro atoms. The molecule has 1 aliphatic heterocycles. The molecule has 4 rings (SSSR count). The summed E-state index contributed by atoms with van der Waals surface area (Å²) in [6.45, 7) is 6.29. The lowest BCUT2D eigenvalue weighted by molar-refractivity contribution is 0.122. The van der Waals surface area contributed by atoms with E-state index >= 15 is 0 Å². The highest BCUT2D eigenvalue weighted by Crippen LogP contribution is 2.23. The topological polar surface area (TPSA) is 51.4 Å². The molecule has 0 radical (unpaired) electrons. The molecule has 1 fully saturated rings. The lowest BCUT2D eigenvalue weighted by Gasteiger charge is -2.23. The highest BCUT2D eigenvalue weighted by Gasteiger charge is 2.20. The first kappa shape index (κ1) is 16.2. The van der Waals surface area contributed by atoms with Crippen LogP contribution in [0.25, 0.3) is 11.0 Å². The Morgan fingerprint density at radius 1 is 1.20 bits per heavy atom. The number of benzene rings is 1. The molecule has 0 bridgehead atoms. The van der Waals surface area contributed by atoms with Gasteiger partial charge in [0.25, 0.3) is 0 Å². The number of nitrogens with zero attached hydrogens (tertiary/aromatic N) is 3. The fraction of sp³-hybridized carbons (Fsp3) is 0.400. The Labute approximate surface area is 147 Å². The first-order chi connectivity index (χ1) is 12.3. The van der Waals surface area contributed by atoms with Crippen molar-refractivity contribution in [3.8, 4) is 0 Å². The zero-order valence-electron chi connectivity index (χ0n) is 14.5. The van der Waals surface area contributed by atoms with Gasteiger partial charge in [0.2, 0.25) is 0 Å². The smallest absolute Gasteiger partial charge is 0.134 e. The normalized spacial score (nSPS) is 19.2. The number of aromatic nitrogens is 2. The summed E-state index contributed by atoms with van der Waals surface area (Å²) in [7, 11) is 0. The van der Waals surface area contributed by atoms with Gasteiger partial charge in [-0.25, -0.2) is 0 Å². The van der Waals surface area contributed by atoms with Gasteiger partial charge in [0, 0.05) is 37.4 Å². The molecule has 2 aromatic heterocycles. The van der Waals surface area contributed by atoms with Crippen LogP contribution in [-0.2, 0) is 17.7 Å². The molecule has 5 heteroatoms. The highest BCUT2D eigenvalue weighted by atomic mass is 16.5. The predicted molar refractivity (Wildman–Crippen MR) is 96.3 cm³/mol. The second-order valence-corrected chi connectivity index (χ2v) is 6.78. The van der Waals surface area contributed by atoms with Gasteiger partial charge in [-0.1, -0.05) is 12.1 Å². The predicted octanol–water partition coefficient (Wildman–Crippen LogP) is 3.22. The first-order valence-corrected chi connectivity index (χ1v) is 8.80. The fourth-order valence-electron chi connectivity index (χ4n) is 3.50. The molecular formula is C20H23N3O2. The van der Waals surface area contributed by atoms with Gasteiger partial charge in [0.05, 0.1) is 30.9 Å². The van der Waals surface area contributed by atoms with Crippen molar-refractivity contribution >= 4 is 11.0 Å². The summed E-state index contributed by atoms with van der Waals surface area (Å²) in [5, 5.41) is 1.21. The van der Waals surface area contributed by atoms with Crippen molar-refractivity contribution in [3.05, 3.63) is 59.9 Å². The number of ether oxygens (including phenoxy) is 1. The SMILES string of the molecule is Cc1cnc(CN2CCOCC(Cc3cccc4occc34)C2)cn1. The van der Waals surface area contributed by atoms with Gasteiger partial charge in [0.1, 0.15) is 5.58 Å². The van der Waals surface area contributed by atoms with Crippen LogP contribution < -0.4 is 0 Å². The number of aryl methyl sites for hydroxylation is 1. The van der Waals surface area contributed by atoms with Gasteiger partial charge in [-0.15, -0.1) is 0 Å². The van der Waals surface area contributed by atoms with E-state index in [1.54, 1.807) is 6.26 Å². The Morgan fingerprint density at radius 2 is 2.16 bits per heavy atom. The van der Waals surface area contributed by atoms with Crippen molar-refractivity contribution in [1.29, 1.82) is 0 Å². The van der Waals surface area contributed by atoms with Crippen LogP contribution in [0.15, 0.2) is 47.3 Å². The minimum absolute atomic E-state index is 0.460. The van der Waals surface area contributed by atoms with Crippen molar-refractivity contribution in [2.45, 2.75) is 19.9 Å². The summed E-state index contributed by atoms with van der Waals surface area (Å²) in [6.07, 6.45) is 6.47. The van der Waals surface area contributed by atoms with E-state index in [4.69, 9.17) is 9.15 Å². The first-order valence-electron chi connectivity index (χ1n) is 8.80. The third-order valence-electron chi connectivity index (χ3n) is 4.74. The van der Waals surface area contributed by atoms with Gasteiger partial charge in [-0.05, 0) is 37.0 Å². The van der Waals surface area contributed by atoms with E-state index in [1.165, 1.54) is 10.9 Å². The lowest BCUT2D eigenvalue weighted by atomic mass is 9.97. The van der Waals surface area contributed by atoms with Crippen molar-refractivity contribution in [2.24, 2.45) is 5.92 Å². The van der Waals surface area contributed by atoms with Crippen LogP contribution in [0.3, 0.4) is 0 Å². The molecule has 3 heterocycles. The van der Waals surface area contributed by atoms with Crippen LogP contribution in [0.5, 0.6) is 0 Å². The summed E-state index contributed by atoms with van der Waals surface area (Å²) in [5.41, 5.74) is 4.26. The van der Waals surface area contributed by atoms with Crippen molar-refractivity contribution in [2.75, 3.05) is 26.3 Å². The molecule has 0 saturated carbocycles. The standard InChI is InChI=1S/C20H23N3O2/c1-15-10-22-18(11-21-15)13-23-6-8-24-14-16(12-23)9-17-3-2-4-20-19(17)5-7-25-20/h2-5,7,10-11,16H,6,8-9,12-14H2,1H3. The minimum Gasteiger partial charge on any atom is -0.464 e. The lowest BCUT2D eigenvalue weighted by Crippen LogP contribution is -2.30. The van der Waals surface area contributed by atoms with E-state index in [0.717, 1.165) is 56.2 Å². The van der Waals surface area contributed by atoms with E-state index in [9.17, 15) is 0 Å². The average Bonchev–Trinajstić information content (AvgIpc) is 3.00. The monoisotopic (exact) mass is 337 g/mol. The molecule has 1 saturated heterocycles. The molecule has 0 amide bonds. The molecule has 1 atom stereocenters. The maximum atomic E-state index is 5.86. The van der Waals surface area contributed by atoms with Crippen molar-refractivity contribution in [1.82, 2.24) is 14.9 Å². The van der Waals surface area contributed by atoms with Gasteiger partial charge >= 0.3 is 0 Å². The Hall–Kier alpha value is -2.24. The number of fused-ring (bicyclic) bond motifs is 1. The quantitative estimate of drug-likeness (QED) is 0.732. The number of furan rings is 1. The van der Waals surface area contributed by atoms with Gasteiger partial charge in [0.15, 0.2) is 0 Å². The molecular weight excluding hydrogens is 314 g/mol. The largest absolute Gasteiger partial charge is 0.464 e. The van der Waals surface area contributed by atoms with E-state index in [-0.39, 0.29) is 0 Å². The molecule has 1 unspecified atom stereocenters. The maximum Gasteiger partial charge on any atom is 0.134 e. The minimum atomic E-state index is 0.460. The van der Waals surface area contributed by atoms with Crippen LogP contribution in [0, 0.1) is 12.8 Å². The summed E-state index contributed by atoms with van der Waals surface area (Å²) >= 11 is 0. The Balaban J connectivity index is 1.46. The Bertz CT molecular complexity index is 828. The molecule has 1 aromatic carbocycles. The van der Waals surface area contributed by atoms with E-state index in [2.05, 4.69) is 33.1 Å². The molecule has 5 nitrogen and oxygen atoms in total. The third kappa shape index (κ3) is 3.89. The van der Waals surface area contributed by atoms with Crippen LogP contribution in [0.4, 0.5) is 0 Å². The van der Waals surface area contributed by atoms with E-state index in [1.807, 2.05) is 25.4 Å². The van der Waals surface area contributed by atoms with Gasteiger partial charge in [-0.2, -0.15) is 0 Å². The summed E-state index contributed by atoms with van der Waals surface area (Å²) < 4.78 is 11.4. The van der Waals surface area contributed by atoms with Gasteiger partial charge in [-0.3, -0.25) is 14.9 Å². The van der Waals surface area contributed by atoms with Crippen LogP contribution in [-0.4, -0.2) is 41.2 Å². The Kier molecular flexibility index (Phi) is 4.76. The van der Waals surface area contributed by atoms with Crippen LogP contribution >= 0.6 is 0 Å². The zero-order chi connectivity index (χ0) is 17.1. The van der Waals surface area contributed by atoms with Crippen LogP contribution in [0.1, 0.15) is 17.0 Å². The summed E-state index contributed by atoms with van der Waals surface area (Å²) in [4.78, 5) is 11.3. The second kappa shape index (κ2) is 7.33.